The highest BCUT2D eigenvalue weighted by atomic mass is 16.1. The molecule has 0 fully saturated rings. The summed E-state index contributed by atoms with van der Waals surface area (Å²) in [5.74, 6) is 0.0219. The van der Waals surface area contributed by atoms with Gasteiger partial charge in [-0.25, -0.2) is 0 Å². The van der Waals surface area contributed by atoms with E-state index in [9.17, 15) is 4.79 Å². The van der Waals surface area contributed by atoms with Crippen molar-refractivity contribution in [2.45, 2.75) is 45.6 Å². The summed E-state index contributed by atoms with van der Waals surface area (Å²) in [4.78, 5) is 15.5. The lowest BCUT2D eigenvalue weighted by Crippen LogP contribution is -2.47. The van der Waals surface area contributed by atoms with Crippen molar-refractivity contribution >= 4 is 16.8 Å². The van der Waals surface area contributed by atoms with Crippen molar-refractivity contribution in [3.05, 3.63) is 36.0 Å². The lowest BCUT2D eigenvalue weighted by Gasteiger charge is -2.31. The fourth-order valence-electron chi connectivity index (χ4n) is 2.52. The number of nitrogens with one attached hydrogen (secondary N) is 2. The smallest absolute Gasteiger partial charge is 0.251 e. The minimum Gasteiger partial charge on any atom is -0.361 e. The second kappa shape index (κ2) is 5.47. The van der Waals surface area contributed by atoms with Crippen LogP contribution in [0.2, 0.25) is 0 Å². The fraction of sp³-hybridized carbons (Fsp3) is 0.438. The normalized spacial score (nSPS) is 11.7. The molecule has 0 saturated carbocycles. The van der Waals surface area contributed by atoms with Gasteiger partial charge < -0.3 is 10.3 Å². The minimum atomic E-state index is -0.0792. The Kier molecular flexibility index (Phi) is 3.93. The molecule has 0 radical (unpaired) electrons. The van der Waals surface area contributed by atoms with Gasteiger partial charge in [-0.05, 0) is 43.5 Å². The Morgan fingerprint density at radius 2 is 1.84 bits per heavy atom. The molecule has 0 saturated heterocycles. The molecule has 1 aromatic carbocycles. The first-order chi connectivity index (χ1) is 9.14. The van der Waals surface area contributed by atoms with E-state index in [1.54, 1.807) is 0 Å². The Hall–Kier alpha value is -1.77. The Bertz CT molecular complexity index is 559. The molecule has 19 heavy (non-hydrogen) atoms. The number of carbonyl (C=O) groups is 1. The van der Waals surface area contributed by atoms with Gasteiger partial charge in [0.05, 0.1) is 0 Å². The van der Waals surface area contributed by atoms with E-state index in [2.05, 4.69) is 31.1 Å². The number of hydrogen-bond acceptors (Lipinski definition) is 1. The third-order valence-corrected chi connectivity index (χ3v) is 4.22. The second-order valence-corrected chi connectivity index (χ2v) is 5.07. The van der Waals surface area contributed by atoms with Crippen molar-refractivity contribution < 1.29 is 4.79 Å². The van der Waals surface area contributed by atoms with Gasteiger partial charge in [-0.1, -0.05) is 20.8 Å². The quantitative estimate of drug-likeness (QED) is 0.840. The topological polar surface area (TPSA) is 44.9 Å². The zero-order valence-electron chi connectivity index (χ0n) is 11.9. The molecular formula is C16H22N2O. The monoisotopic (exact) mass is 258 g/mol. The highest BCUT2D eigenvalue weighted by Gasteiger charge is 2.26. The summed E-state index contributed by atoms with van der Waals surface area (Å²) >= 11 is 0. The molecule has 0 unspecified atom stereocenters. The summed E-state index contributed by atoms with van der Waals surface area (Å²) in [5.41, 5.74) is 1.71. The lowest BCUT2D eigenvalue weighted by molar-refractivity contribution is 0.0888. The Labute approximate surface area is 114 Å². The molecule has 1 amide bonds. The predicted octanol–water partition coefficient (Wildman–Crippen LogP) is 3.87. The molecule has 2 rings (SSSR count). The van der Waals surface area contributed by atoms with Crippen LogP contribution in [0, 0.1) is 0 Å². The van der Waals surface area contributed by atoms with Crippen molar-refractivity contribution in [1.82, 2.24) is 10.3 Å². The number of fused-ring (bicyclic) bond motifs is 1. The maximum absolute atomic E-state index is 12.4. The molecule has 0 atom stereocenters. The molecule has 3 nitrogen and oxygen atoms in total. The maximum Gasteiger partial charge on any atom is 0.251 e. The van der Waals surface area contributed by atoms with Gasteiger partial charge in [0.15, 0.2) is 0 Å². The van der Waals surface area contributed by atoms with E-state index in [-0.39, 0.29) is 11.4 Å². The fourth-order valence-corrected chi connectivity index (χ4v) is 2.52. The van der Waals surface area contributed by atoms with Crippen LogP contribution in [0.15, 0.2) is 30.5 Å². The standard InChI is InChI=1S/C16H22N2O/c1-4-16(5-2,6-3)18-15(19)13-7-8-14-12(11-13)9-10-17-14/h7-11,17H,4-6H2,1-3H3,(H,18,19). The van der Waals surface area contributed by atoms with Gasteiger partial charge in [-0.3, -0.25) is 4.79 Å². The van der Waals surface area contributed by atoms with E-state index < -0.39 is 0 Å². The molecule has 0 aliphatic heterocycles. The number of rotatable bonds is 5. The molecule has 0 bridgehead atoms. The van der Waals surface area contributed by atoms with Crippen LogP contribution in [0.25, 0.3) is 10.9 Å². The Morgan fingerprint density at radius 1 is 1.16 bits per heavy atom. The number of aromatic amines is 1. The summed E-state index contributed by atoms with van der Waals surface area (Å²) in [7, 11) is 0. The number of carbonyl (C=O) groups excluding carboxylic acids is 1. The van der Waals surface area contributed by atoms with Crippen molar-refractivity contribution in [1.29, 1.82) is 0 Å². The van der Waals surface area contributed by atoms with Crippen LogP contribution in [-0.2, 0) is 0 Å². The molecule has 1 aromatic heterocycles. The van der Waals surface area contributed by atoms with Crippen LogP contribution >= 0.6 is 0 Å². The first-order valence-corrected chi connectivity index (χ1v) is 7.03. The van der Waals surface area contributed by atoms with E-state index in [1.165, 1.54) is 0 Å². The molecular weight excluding hydrogens is 236 g/mol. The molecule has 0 aliphatic rings. The molecule has 0 aliphatic carbocycles. The van der Waals surface area contributed by atoms with E-state index in [0.29, 0.717) is 0 Å². The summed E-state index contributed by atoms with van der Waals surface area (Å²) in [6.07, 6.45) is 4.76. The number of H-pyrrole nitrogens is 1. The van der Waals surface area contributed by atoms with Crippen molar-refractivity contribution in [2.24, 2.45) is 0 Å². The zero-order chi connectivity index (χ0) is 13.9. The van der Waals surface area contributed by atoms with Gasteiger partial charge in [0.2, 0.25) is 0 Å². The SMILES string of the molecule is CCC(CC)(CC)NC(=O)c1ccc2[nH]ccc2c1. The van der Waals surface area contributed by atoms with Crippen LogP contribution in [0.3, 0.4) is 0 Å². The summed E-state index contributed by atoms with van der Waals surface area (Å²) in [5, 5.41) is 4.28. The summed E-state index contributed by atoms with van der Waals surface area (Å²) in [6.45, 7) is 6.38. The molecule has 2 N–H and O–H groups in total. The van der Waals surface area contributed by atoms with Gasteiger partial charge in [-0.15, -0.1) is 0 Å². The number of amides is 1. The van der Waals surface area contributed by atoms with Crippen LogP contribution in [0.1, 0.15) is 50.4 Å². The average molecular weight is 258 g/mol. The Morgan fingerprint density at radius 3 is 2.47 bits per heavy atom. The molecule has 0 spiro atoms. The average Bonchev–Trinajstić information content (AvgIpc) is 2.92. The van der Waals surface area contributed by atoms with Crippen molar-refractivity contribution in [3.8, 4) is 0 Å². The van der Waals surface area contributed by atoms with Crippen LogP contribution in [0.4, 0.5) is 0 Å². The Balaban J connectivity index is 2.23. The van der Waals surface area contributed by atoms with Gasteiger partial charge in [0.1, 0.15) is 0 Å². The van der Waals surface area contributed by atoms with Gasteiger partial charge in [-0.2, -0.15) is 0 Å². The van der Waals surface area contributed by atoms with Crippen molar-refractivity contribution in [3.63, 3.8) is 0 Å². The van der Waals surface area contributed by atoms with Gasteiger partial charge in [0.25, 0.3) is 5.91 Å². The largest absolute Gasteiger partial charge is 0.361 e. The third-order valence-electron chi connectivity index (χ3n) is 4.22. The maximum atomic E-state index is 12.4. The van der Waals surface area contributed by atoms with E-state index in [4.69, 9.17) is 0 Å². The van der Waals surface area contributed by atoms with Crippen LogP contribution < -0.4 is 5.32 Å². The lowest BCUT2D eigenvalue weighted by atomic mass is 9.89. The second-order valence-electron chi connectivity index (χ2n) is 5.07. The molecule has 2 aromatic rings. The van der Waals surface area contributed by atoms with E-state index >= 15 is 0 Å². The highest BCUT2D eigenvalue weighted by molar-refractivity contribution is 5.98. The third kappa shape index (κ3) is 2.65. The number of benzene rings is 1. The number of aromatic nitrogens is 1. The molecule has 1 heterocycles. The minimum absolute atomic E-state index is 0.0219. The van der Waals surface area contributed by atoms with Gasteiger partial charge in [0, 0.05) is 28.2 Å². The van der Waals surface area contributed by atoms with Crippen LogP contribution in [0.5, 0.6) is 0 Å². The van der Waals surface area contributed by atoms with Crippen LogP contribution in [-0.4, -0.2) is 16.4 Å². The molecule has 3 heteroatoms. The summed E-state index contributed by atoms with van der Waals surface area (Å²) < 4.78 is 0. The first-order valence-electron chi connectivity index (χ1n) is 7.03. The zero-order valence-corrected chi connectivity index (χ0v) is 11.9. The number of hydrogen-bond donors (Lipinski definition) is 2. The van der Waals surface area contributed by atoms with E-state index in [0.717, 1.165) is 35.7 Å². The highest BCUT2D eigenvalue weighted by Crippen LogP contribution is 2.21. The predicted molar refractivity (Wildman–Crippen MR) is 79.4 cm³/mol. The van der Waals surface area contributed by atoms with E-state index in [1.807, 2.05) is 30.5 Å². The first kappa shape index (κ1) is 13.7. The summed E-state index contributed by atoms with van der Waals surface area (Å²) in [6, 6.07) is 7.75. The van der Waals surface area contributed by atoms with Gasteiger partial charge >= 0.3 is 0 Å². The van der Waals surface area contributed by atoms with Crippen molar-refractivity contribution in [2.75, 3.05) is 0 Å². The molecule has 102 valence electrons.